The van der Waals surface area contributed by atoms with Crippen molar-refractivity contribution in [3.05, 3.63) is 16.0 Å². The summed E-state index contributed by atoms with van der Waals surface area (Å²) in [6, 6.07) is 0. The SMILES string of the molecule is CCCN(CCC)c1nc2c(C3CC3)nn(C)c2c(=O)[nH]1. The zero-order valence-corrected chi connectivity index (χ0v) is 13.0. The summed E-state index contributed by atoms with van der Waals surface area (Å²) in [6.45, 7) is 6.08. The molecule has 0 aliphatic heterocycles. The Hall–Kier alpha value is -1.85. The molecule has 0 unspecified atom stereocenters. The third-order valence-corrected chi connectivity index (χ3v) is 3.96. The molecule has 1 aliphatic carbocycles. The summed E-state index contributed by atoms with van der Waals surface area (Å²) in [7, 11) is 1.82. The topological polar surface area (TPSA) is 66.8 Å². The van der Waals surface area contributed by atoms with Gasteiger partial charge in [0.25, 0.3) is 5.56 Å². The van der Waals surface area contributed by atoms with Gasteiger partial charge in [0, 0.05) is 26.1 Å². The van der Waals surface area contributed by atoms with Crippen LogP contribution in [0.2, 0.25) is 0 Å². The minimum atomic E-state index is -0.0888. The molecule has 0 bridgehead atoms. The minimum Gasteiger partial charge on any atom is -0.342 e. The van der Waals surface area contributed by atoms with Gasteiger partial charge in [0.05, 0.1) is 5.69 Å². The number of hydrogen-bond acceptors (Lipinski definition) is 4. The van der Waals surface area contributed by atoms with Crippen molar-refractivity contribution in [2.45, 2.75) is 45.4 Å². The Kier molecular flexibility index (Phi) is 3.69. The van der Waals surface area contributed by atoms with Crippen molar-refractivity contribution in [2.24, 2.45) is 7.05 Å². The highest BCUT2D eigenvalue weighted by Gasteiger charge is 2.30. The van der Waals surface area contributed by atoms with Crippen LogP contribution in [0.4, 0.5) is 5.95 Å². The fourth-order valence-corrected chi connectivity index (χ4v) is 2.84. The van der Waals surface area contributed by atoms with Crippen molar-refractivity contribution in [3.63, 3.8) is 0 Å². The Morgan fingerprint density at radius 1 is 1.29 bits per heavy atom. The molecule has 2 aromatic heterocycles. The zero-order chi connectivity index (χ0) is 15.0. The largest absolute Gasteiger partial charge is 0.342 e. The summed E-state index contributed by atoms with van der Waals surface area (Å²) in [6.07, 6.45) is 4.38. The molecule has 1 fully saturated rings. The normalized spacial score (nSPS) is 14.8. The van der Waals surface area contributed by atoms with E-state index < -0.39 is 0 Å². The van der Waals surface area contributed by atoms with Gasteiger partial charge in [0.2, 0.25) is 5.95 Å². The van der Waals surface area contributed by atoms with Gasteiger partial charge >= 0.3 is 0 Å². The van der Waals surface area contributed by atoms with E-state index in [1.807, 2.05) is 7.05 Å². The zero-order valence-electron chi connectivity index (χ0n) is 13.0. The predicted octanol–water partition coefficient (Wildman–Crippen LogP) is 2.16. The molecule has 21 heavy (non-hydrogen) atoms. The molecule has 0 saturated heterocycles. The highest BCUT2D eigenvalue weighted by Crippen LogP contribution is 2.41. The van der Waals surface area contributed by atoms with E-state index in [-0.39, 0.29) is 5.56 Å². The summed E-state index contributed by atoms with van der Waals surface area (Å²) in [5.74, 6) is 1.17. The van der Waals surface area contributed by atoms with Crippen molar-refractivity contribution >= 4 is 17.0 Å². The van der Waals surface area contributed by atoms with Crippen LogP contribution in [0.5, 0.6) is 0 Å². The fourth-order valence-electron chi connectivity index (χ4n) is 2.84. The highest BCUT2D eigenvalue weighted by atomic mass is 16.1. The molecule has 1 aliphatic rings. The Morgan fingerprint density at radius 3 is 2.52 bits per heavy atom. The Labute approximate surface area is 124 Å². The molecule has 6 nitrogen and oxygen atoms in total. The van der Waals surface area contributed by atoms with Crippen LogP contribution in [0.1, 0.15) is 51.1 Å². The van der Waals surface area contributed by atoms with E-state index in [0.29, 0.717) is 17.4 Å². The maximum atomic E-state index is 12.4. The number of nitrogens with one attached hydrogen (secondary N) is 1. The van der Waals surface area contributed by atoms with Crippen molar-refractivity contribution in [1.82, 2.24) is 19.7 Å². The number of H-pyrrole nitrogens is 1. The Bertz CT molecular complexity index is 692. The molecule has 3 rings (SSSR count). The summed E-state index contributed by atoms with van der Waals surface area (Å²) in [5.41, 5.74) is 2.28. The van der Waals surface area contributed by atoms with Crippen LogP contribution in [0.25, 0.3) is 11.0 Å². The van der Waals surface area contributed by atoms with Crippen LogP contribution in [0, 0.1) is 0 Å². The number of aromatic nitrogens is 4. The van der Waals surface area contributed by atoms with Crippen LogP contribution in [0.15, 0.2) is 4.79 Å². The van der Waals surface area contributed by atoms with Gasteiger partial charge in [-0.2, -0.15) is 5.10 Å². The first-order valence-corrected chi connectivity index (χ1v) is 7.87. The minimum absolute atomic E-state index is 0.0888. The number of nitrogens with zero attached hydrogens (tertiary/aromatic N) is 4. The number of aryl methyl sites for hydroxylation is 1. The van der Waals surface area contributed by atoms with E-state index in [9.17, 15) is 4.79 Å². The third-order valence-electron chi connectivity index (χ3n) is 3.96. The molecule has 6 heteroatoms. The van der Waals surface area contributed by atoms with Gasteiger partial charge in [-0.3, -0.25) is 14.5 Å². The van der Waals surface area contributed by atoms with Gasteiger partial charge in [-0.05, 0) is 25.7 Å². The molecule has 114 valence electrons. The quantitative estimate of drug-likeness (QED) is 0.885. The molecule has 0 radical (unpaired) electrons. The molecule has 0 atom stereocenters. The van der Waals surface area contributed by atoms with E-state index in [1.165, 1.54) is 0 Å². The number of aromatic amines is 1. The van der Waals surface area contributed by atoms with Gasteiger partial charge in [-0.25, -0.2) is 4.98 Å². The molecule has 0 amide bonds. The van der Waals surface area contributed by atoms with Crippen LogP contribution in [0.3, 0.4) is 0 Å². The van der Waals surface area contributed by atoms with E-state index in [0.717, 1.165) is 50.0 Å². The van der Waals surface area contributed by atoms with Crippen LogP contribution in [-0.2, 0) is 7.05 Å². The smallest absolute Gasteiger partial charge is 0.278 e. The van der Waals surface area contributed by atoms with Crippen LogP contribution in [-0.4, -0.2) is 32.8 Å². The van der Waals surface area contributed by atoms with Crippen molar-refractivity contribution in [1.29, 1.82) is 0 Å². The second kappa shape index (κ2) is 5.50. The molecular weight excluding hydrogens is 266 g/mol. The lowest BCUT2D eigenvalue weighted by Crippen LogP contribution is -2.29. The average Bonchev–Trinajstić information content (AvgIpc) is 3.23. The van der Waals surface area contributed by atoms with E-state index in [1.54, 1.807) is 4.68 Å². The number of fused-ring (bicyclic) bond motifs is 1. The summed E-state index contributed by atoms with van der Waals surface area (Å²) in [4.78, 5) is 22.2. The van der Waals surface area contributed by atoms with Gasteiger partial charge in [-0.1, -0.05) is 13.8 Å². The lowest BCUT2D eigenvalue weighted by molar-refractivity contribution is 0.721. The van der Waals surface area contributed by atoms with E-state index in [4.69, 9.17) is 4.98 Å². The monoisotopic (exact) mass is 289 g/mol. The third kappa shape index (κ3) is 2.54. The molecule has 0 aromatic carbocycles. The van der Waals surface area contributed by atoms with Crippen molar-refractivity contribution < 1.29 is 0 Å². The number of hydrogen-bond donors (Lipinski definition) is 1. The van der Waals surface area contributed by atoms with Gasteiger partial charge < -0.3 is 4.90 Å². The second-order valence-electron chi connectivity index (χ2n) is 5.86. The standard InChI is InChI=1S/C15H23N5O/c1-4-8-20(9-5-2)15-16-12-11(10-6-7-10)18-19(3)13(12)14(21)17-15/h10H,4-9H2,1-3H3,(H,16,17,21). The average molecular weight is 289 g/mol. The first-order valence-electron chi connectivity index (χ1n) is 7.87. The second-order valence-corrected chi connectivity index (χ2v) is 5.86. The van der Waals surface area contributed by atoms with Crippen molar-refractivity contribution in [3.8, 4) is 0 Å². The van der Waals surface area contributed by atoms with Crippen molar-refractivity contribution in [2.75, 3.05) is 18.0 Å². The van der Waals surface area contributed by atoms with Gasteiger partial charge in [-0.15, -0.1) is 0 Å². The number of rotatable bonds is 6. The maximum absolute atomic E-state index is 12.4. The number of anilines is 1. The van der Waals surface area contributed by atoms with Gasteiger partial charge in [0.15, 0.2) is 5.52 Å². The fraction of sp³-hybridized carbons (Fsp3) is 0.667. The molecule has 1 saturated carbocycles. The molecule has 0 spiro atoms. The lowest BCUT2D eigenvalue weighted by atomic mass is 10.2. The predicted molar refractivity (Wildman–Crippen MR) is 83.9 cm³/mol. The Balaban J connectivity index is 2.12. The molecule has 1 N–H and O–H groups in total. The first kappa shape index (κ1) is 14.1. The van der Waals surface area contributed by atoms with E-state index in [2.05, 4.69) is 28.8 Å². The Morgan fingerprint density at radius 2 is 1.95 bits per heavy atom. The summed E-state index contributed by atoms with van der Waals surface area (Å²) < 4.78 is 1.67. The molecule has 2 heterocycles. The lowest BCUT2D eigenvalue weighted by Gasteiger charge is -2.21. The highest BCUT2D eigenvalue weighted by molar-refractivity contribution is 5.78. The van der Waals surface area contributed by atoms with Gasteiger partial charge in [0.1, 0.15) is 5.52 Å². The maximum Gasteiger partial charge on any atom is 0.278 e. The van der Waals surface area contributed by atoms with Crippen LogP contribution >= 0.6 is 0 Å². The molecule has 2 aromatic rings. The molecular formula is C15H23N5O. The summed E-state index contributed by atoms with van der Waals surface area (Å²) in [5, 5.41) is 4.52. The van der Waals surface area contributed by atoms with Crippen LogP contribution < -0.4 is 10.5 Å². The first-order chi connectivity index (χ1) is 10.2. The summed E-state index contributed by atoms with van der Waals surface area (Å²) >= 11 is 0. The van der Waals surface area contributed by atoms with E-state index >= 15 is 0 Å².